The number of thiophene rings is 1. The van der Waals surface area contributed by atoms with Crippen LogP contribution < -0.4 is 15.5 Å². The van der Waals surface area contributed by atoms with Crippen molar-refractivity contribution in [1.29, 1.82) is 0 Å². The normalized spacial score (nSPS) is 14.9. The van der Waals surface area contributed by atoms with Gasteiger partial charge in [-0.15, -0.1) is 35.3 Å². The molecule has 1 fully saturated rings. The van der Waals surface area contributed by atoms with Crippen molar-refractivity contribution >= 4 is 47.2 Å². The van der Waals surface area contributed by atoms with Gasteiger partial charge in [-0.1, -0.05) is 6.07 Å². The van der Waals surface area contributed by atoms with Gasteiger partial charge in [0.1, 0.15) is 5.76 Å². The summed E-state index contributed by atoms with van der Waals surface area (Å²) >= 11 is 1.73. The van der Waals surface area contributed by atoms with E-state index >= 15 is 0 Å². The Morgan fingerprint density at radius 3 is 2.70 bits per heavy atom. The smallest absolute Gasteiger partial charge is 0.225 e. The summed E-state index contributed by atoms with van der Waals surface area (Å²) in [6, 6.07) is 10.3. The summed E-state index contributed by atoms with van der Waals surface area (Å²) in [5.41, 5.74) is 0. The summed E-state index contributed by atoms with van der Waals surface area (Å²) < 4.78 is 5.42. The molecule has 160 valence electrons. The van der Waals surface area contributed by atoms with Gasteiger partial charge in [-0.05, 0) is 42.5 Å². The fourth-order valence-corrected chi connectivity index (χ4v) is 3.97. The van der Waals surface area contributed by atoms with Crippen LogP contribution in [-0.4, -0.2) is 41.6 Å². The summed E-state index contributed by atoms with van der Waals surface area (Å²) in [5, 5.41) is 9.16. The molecule has 3 aromatic rings. The molecule has 1 aliphatic rings. The van der Waals surface area contributed by atoms with E-state index in [2.05, 4.69) is 43.0 Å². The Balaban J connectivity index is 0.00000256. The van der Waals surface area contributed by atoms with Gasteiger partial charge in [0.15, 0.2) is 5.96 Å². The molecule has 30 heavy (non-hydrogen) atoms. The third-order valence-electron chi connectivity index (χ3n) is 4.89. The largest absolute Gasteiger partial charge is 0.469 e. The number of guanidine groups is 1. The summed E-state index contributed by atoms with van der Waals surface area (Å²) in [6.07, 6.45) is 8.18. The van der Waals surface area contributed by atoms with Gasteiger partial charge in [-0.25, -0.2) is 15.0 Å². The van der Waals surface area contributed by atoms with Crippen LogP contribution in [0.4, 0.5) is 5.95 Å². The lowest BCUT2D eigenvalue weighted by Gasteiger charge is -2.33. The number of hydrogen-bond acceptors (Lipinski definition) is 6. The lowest BCUT2D eigenvalue weighted by Crippen LogP contribution is -2.49. The molecular weight excluding hydrogens is 511 g/mol. The van der Waals surface area contributed by atoms with Crippen LogP contribution in [0.2, 0.25) is 0 Å². The van der Waals surface area contributed by atoms with Crippen molar-refractivity contribution < 1.29 is 4.42 Å². The fraction of sp³-hybridized carbons (Fsp3) is 0.381. The van der Waals surface area contributed by atoms with Crippen LogP contribution in [0.5, 0.6) is 0 Å². The molecule has 1 saturated heterocycles. The summed E-state index contributed by atoms with van der Waals surface area (Å²) in [6.45, 7) is 3.34. The quantitative estimate of drug-likeness (QED) is 0.272. The zero-order valence-corrected chi connectivity index (χ0v) is 19.9. The maximum Gasteiger partial charge on any atom is 0.225 e. The van der Waals surface area contributed by atoms with Crippen LogP contribution in [-0.2, 0) is 13.0 Å². The highest BCUT2D eigenvalue weighted by Gasteiger charge is 2.21. The molecule has 0 aliphatic carbocycles. The lowest BCUT2D eigenvalue weighted by molar-refractivity contribution is 0.456. The predicted octanol–water partition coefficient (Wildman–Crippen LogP) is 3.70. The van der Waals surface area contributed by atoms with Crippen molar-refractivity contribution in [3.8, 4) is 0 Å². The number of halogens is 1. The Morgan fingerprint density at radius 1 is 1.17 bits per heavy atom. The summed E-state index contributed by atoms with van der Waals surface area (Å²) in [7, 11) is 0. The number of piperidine rings is 1. The fourth-order valence-electron chi connectivity index (χ4n) is 3.34. The first-order valence-corrected chi connectivity index (χ1v) is 10.9. The van der Waals surface area contributed by atoms with E-state index < -0.39 is 0 Å². The first kappa shape index (κ1) is 22.5. The molecule has 2 N–H and O–H groups in total. The van der Waals surface area contributed by atoms with Crippen LogP contribution in [0.15, 0.2) is 63.8 Å². The highest BCUT2D eigenvalue weighted by molar-refractivity contribution is 14.0. The predicted molar refractivity (Wildman–Crippen MR) is 132 cm³/mol. The highest BCUT2D eigenvalue weighted by Crippen LogP contribution is 2.15. The molecule has 9 heteroatoms. The minimum Gasteiger partial charge on any atom is -0.469 e. The molecule has 4 rings (SSSR count). The monoisotopic (exact) mass is 538 g/mol. The Morgan fingerprint density at radius 2 is 2.00 bits per heavy atom. The molecule has 0 amide bonds. The number of furan rings is 1. The molecule has 1 aliphatic heterocycles. The molecule has 3 aromatic heterocycles. The van der Waals surface area contributed by atoms with Crippen LogP contribution in [0.25, 0.3) is 0 Å². The van der Waals surface area contributed by atoms with Gasteiger partial charge in [0.05, 0.1) is 12.8 Å². The van der Waals surface area contributed by atoms with Gasteiger partial charge in [0.2, 0.25) is 5.95 Å². The van der Waals surface area contributed by atoms with Gasteiger partial charge < -0.3 is 20.0 Å². The average Bonchev–Trinajstić information content (AvgIpc) is 3.47. The third-order valence-corrected chi connectivity index (χ3v) is 5.75. The van der Waals surface area contributed by atoms with Gasteiger partial charge in [-0.2, -0.15) is 0 Å². The van der Waals surface area contributed by atoms with E-state index in [1.807, 2.05) is 18.2 Å². The van der Waals surface area contributed by atoms with E-state index in [-0.39, 0.29) is 24.0 Å². The van der Waals surface area contributed by atoms with Crippen LogP contribution in [0, 0.1) is 0 Å². The van der Waals surface area contributed by atoms with E-state index in [0.29, 0.717) is 12.6 Å². The zero-order valence-electron chi connectivity index (χ0n) is 16.7. The molecule has 0 saturated carbocycles. The second-order valence-corrected chi connectivity index (χ2v) is 7.99. The maximum atomic E-state index is 5.42. The third kappa shape index (κ3) is 6.69. The summed E-state index contributed by atoms with van der Waals surface area (Å²) in [4.78, 5) is 17.0. The van der Waals surface area contributed by atoms with Crippen molar-refractivity contribution in [3.05, 3.63) is 65.0 Å². The Hall–Kier alpha value is -2.14. The molecule has 0 aromatic carbocycles. The first-order valence-electron chi connectivity index (χ1n) is 9.98. The minimum absolute atomic E-state index is 0. The number of rotatable bonds is 7. The Kier molecular flexibility index (Phi) is 8.94. The molecule has 0 unspecified atom stereocenters. The number of aliphatic imine (C=N–C) groups is 1. The van der Waals surface area contributed by atoms with Gasteiger partial charge in [-0.3, -0.25) is 0 Å². The molecule has 0 bridgehead atoms. The Bertz CT molecular complexity index is 864. The summed E-state index contributed by atoms with van der Waals surface area (Å²) in [5.74, 6) is 2.65. The number of nitrogens with one attached hydrogen (secondary N) is 2. The van der Waals surface area contributed by atoms with Crippen molar-refractivity contribution in [1.82, 2.24) is 20.6 Å². The topological polar surface area (TPSA) is 78.6 Å². The number of hydrogen-bond donors (Lipinski definition) is 2. The lowest BCUT2D eigenvalue weighted by atomic mass is 10.1. The van der Waals surface area contributed by atoms with Gasteiger partial charge >= 0.3 is 0 Å². The van der Waals surface area contributed by atoms with Gasteiger partial charge in [0.25, 0.3) is 0 Å². The van der Waals surface area contributed by atoms with E-state index in [4.69, 9.17) is 9.41 Å². The van der Waals surface area contributed by atoms with E-state index in [1.54, 1.807) is 30.0 Å². The molecule has 0 spiro atoms. The number of aromatic nitrogens is 2. The maximum absolute atomic E-state index is 5.42. The molecule has 0 radical (unpaired) electrons. The van der Waals surface area contributed by atoms with Crippen molar-refractivity contribution in [2.75, 3.05) is 24.5 Å². The van der Waals surface area contributed by atoms with Crippen molar-refractivity contribution in [3.63, 3.8) is 0 Å². The van der Waals surface area contributed by atoms with E-state index in [0.717, 1.165) is 56.6 Å². The highest BCUT2D eigenvalue weighted by atomic mass is 127. The van der Waals surface area contributed by atoms with Crippen LogP contribution >= 0.6 is 35.3 Å². The standard InChI is InChI=1S/C21H26N6OS.HI/c1-4-18(28-14-1)6-11-22-20(25-16-19-5-2-15-29-19)26-17-7-12-27(13-8-17)21-23-9-3-10-24-21;/h1-5,9-10,14-15,17H,6-8,11-13,16H2,(H2,22,25,26);1H. The second-order valence-electron chi connectivity index (χ2n) is 6.95. The zero-order chi connectivity index (χ0) is 19.7. The van der Waals surface area contributed by atoms with Crippen LogP contribution in [0.3, 0.4) is 0 Å². The van der Waals surface area contributed by atoms with Gasteiger partial charge in [0, 0.05) is 49.4 Å². The van der Waals surface area contributed by atoms with E-state index in [9.17, 15) is 0 Å². The minimum atomic E-state index is 0. The average molecular weight is 538 g/mol. The molecular formula is C21H27IN6OS. The molecule has 0 atom stereocenters. The van der Waals surface area contributed by atoms with Crippen LogP contribution in [0.1, 0.15) is 23.5 Å². The van der Waals surface area contributed by atoms with E-state index in [1.165, 1.54) is 4.88 Å². The second kappa shape index (κ2) is 11.9. The number of anilines is 1. The SMILES string of the molecule is I.c1cnc(N2CCC(NC(=NCc3cccs3)NCCc3ccco3)CC2)nc1. The molecule has 4 heterocycles. The number of nitrogens with zero attached hydrogens (tertiary/aromatic N) is 4. The molecule has 7 nitrogen and oxygen atoms in total. The first-order chi connectivity index (χ1) is 14.4. The van der Waals surface area contributed by atoms with Crippen molar-refractivity contribution in [2.45, 2.75) is 31.8 Å². The Labute approximate surface area is 198 Å². The van der Waals surface area contributed by atoms with Crippen molar-refractivity contribution in [2.24, 2.45) is 4.99 Å².